The molecule has 0 unspecified atom stereocenters. The van der Waals surface area contributed by atoms with Crippen molar-refractivity contribution in [1.82, 2.24) is 0 Å². The Bertz CT molecular complexity index is 719. The molecule has 0 fully saturated rings. The first-order valence-electron chi connectivity index (χ1n) is 7.08. The molecule has 0 aliphatic rings. The molecule has 0 radical (unpaired) electrons. The molecule has 0 aromatic heterocycles. The van der Waals surface area contributed by atoms with Crippen LogP contribution >= 0.6 is 0 Å². The van der Waals surface area contributed by atoms with Crippen LogP contribution in [0.15, 0.2) is 36.4 Å². The summed E-state index contributed by atoms with van der Waals surface area (Å²) in [5.41, 5.74) is 6.61. The van der Waals surface area contributed by atoms with Crippen LogP contribution in [-0.2, 0) is 4.79 Å². The van der Waals surface area contributed by atoms with Crippen LogP contribution in [0.3, 0.4) is 0 Å². The van der Waals surface area contributed by atoms with Gasteiger partial charge >= 0.3 is 0 Å². The summed E-state index contributed by atoms with van der Waals surface area (Å²) in [5.74, 6) is -0.0778. The van der Waals surface area contributed by atoms with Crippen LogP contribution in [0, 0.1) is 12.7 Å². The van der Waals surface area contributed by atoms with Crippen molar-refractivity contribution in [3.63, 3.8) is 0 Å². The van der Waals surface area contributed by atoms with Crippen LogP contribution in [0.25, 0.3) is 0 Å². The van der Waals surface area contributed by atoms with Crippen molar-refractivity contribution in [1.29, 1.82) is 0 Å². The molecule has 1 atom stereocenters. The fourth-order valence-electron chi connectivity index (χ4n) is 1.97. The number of nitrogens with one attached hydrogen (secondary N) is 1. The zero-order chi connectivity index (χ0) is 17.0. The van der Waals surface area contributed by atoms with E-state index >= 15 is 0 Å². The topological polar surface area (TPSA) is 73.6 Å². The van der Waals surface area contributed by atoms with Gasteiger partial charge in [-0.15, -0.1) is 0 Å². The predicted octanol–water partition coefficient (Wildman–Crippen LogP) is 3.22. The summed E-state index contributed by atoms with van der Waals surface area (Å²) >= 11 is 0. The molecule has 2 aromatic carbocycles. The summed E-state index contributed by atoms with van der Waals surface area (Å²) in [5, 5.41) is 2.81. The molecule has 2 rings (SSSR count). The van der Waals surface area contributed by atoms with Crippen LogP contribution in [0.4, 0.5) is 10.1 Å². The average molecular weight is 318 g/mol. The molecule has 0 heterocycles. The highest BCUT2D eigenvalue weighted by Gasteiger charge is 2.12. The number of nitrogens with two attached hydrogens (primary N) is 1. The number of primary amides is 1. The fraction of sp³-hybridized carbons (Fsp3) is 0.235. The van der Waals surface area contributed by atoms with Gasteiger partial charge in [0.05, 0.1) is 7.11 Å². The van der Waals surface area contributed by atoms with Crippen molar-refractivity contribution >= 4 is 11.6 Å². The molecular formula is C17H19FN2O3. The van der Waals surface area contributed by atoms with Gasteiger partial charge < -0.3 is 20.5 Å². The van der Waals surface area contributed by atoms with E-state index < -0.39 is 17.8 Å². The van der Waals surface area contributed by atoms with Gasteiger partial charge in [-0.3, -0.25) is 4.79 Å². The average Bonchev–Trinajstić information content (AvgIpc) is 2.51. The minimum absolute atomic E-state index is 0.0597. The van der Waals surface area contributed by atoms with Gasteiger partial charge in [-0.2, -0.15) is 0 Å². The molecule has 0 bridgehead atoms. The van der Waals surface area contributed by atoms with Crippen LogP contribution < -0.4 is 20.5 Å². The lowest BCUT2D eigenvalue weighted by atomic mass is 10.2. The minimum atomic E-state index is -0.599. The number of halogens is 1. The Hall–Kier alpha value is -2.76. The van der Waals surface area contributed by atoms with Gasteiger partial charge in [-0.25, -0.2) is 4.39 Å². The number of carbonyl (C=O) groups is 1. The number of rotatable bonds is 6. The number of methoxy groups -OCH3 is 1. The number of aryl methyl sites for hydroxylation is 1. The number of hydrogen-bond acceptors (Lipinski definition) is 4. The summed E-state index contributed by atoms with van der Waals surface area (Å²) in [6.07, 6.45) is 0. The van der Waals surface area contributed by atoms with Crippen molar-refractivity contribution in [2.75, 3.05) is 12.4 Å². The Balaban J connectivity index is 2.20. The Labute approximate surface area is 134 Å². The van der Waals surface area contributed by atoms with E-state index in [2.05, 4.69) is 5.32 Å². The van der Waals surface area contributed by atoms with E-state index in [1.54, 1.807) is 25.1 Å². The van der Waals surface area contributed by atoms with Crippen molar-refractivity contribution in [3.8, 4) is 17.2 Å². The molecule has 0 aliphatic carbocycles. The van der Waals surface area contributed by atoms with Crippen LogP contribution in [-0.4, -0.2) is 19.1 Å². The molecular weight excluding hydrogens is 299 g/mol. The van der Waals surface area contributed by atoms with E-state index in [4.69, 9.17) is 15.2 Å². The maximum absolute atomic E-state index is 14.2. The zero-order valence-electron chi connectivity index (χ0n) is 13.2. The molecule has 0 saturated carbocycles. The lowest BCUT2D eigenvalue weighted by molar-refractivity contribution is -0.118. The SMILES string of the molecule is COc1cc(C)ccc1Oc1ccc(N[C@@H](C)C(N)=O)cc1F. The largest absolute Gasteiger partial charge is 0.493 e. The van der Waals surface area contributed by atoms with Crippen LogP contribution in [0.2, 0.25) is 0 Å². The minimum Gasteiger partial charge on any atom is -0.493 e. The van der Waals surface area contributed by atoms with E-state index in [9.17, 15) is 9.18 Å². The lowest BCUT2D eigenvalue weighted by Crippen LogP contribution is -2.32. The first kappa shape index (κ1) is 16.6. The second kappa shape index (κ2) is 7.00. The fourth-order valence-corrected chi connectivity index (χ4v) is 1.97. The van der Waals surface area contributed by atoms with E-state index in [0.717, 1.165) is 5.56 Å². The second-order valence-electron chi connectivity index (χ2n) is 5.17. The van der Waals surface area contributed by atoms with Gasteiger partial charge in [0.15, 0.2) is 23.1 Å². The number of benzene rings is 2. The number of carbonyl (C=O) groups excluding carboxylic acids is 1. The zero-order valence-corrected chi connectivity index (χ0v) is 13.2. The Morgan fingerprint density at radius 1 is 1.17 bits per heavy atom. The molecule has 0 aliphatic heterocycles. The summed E-state index contributed by atoms with van der Waals surface area (Å²) in [7, 11) is 1.52. The summed E-state index contributed by atoms with van der Waals surface area (Å²) in [4.78, 5) is 11.0. The molecule has 1 amide bonds. The Kier molecular flexibility index (Phi) is 5.05. The van der Waals surface area contributed by atoms with Crippen molar-refractivity contribution in [3.05, 3.63) is 47.8 Å². The summed E-state index contributed by atoms with van der Waals surface area (Å²) < 4.78 is 25.0. The van der Waals surface area contributed by atoms with Gasteiger partial charge in [0.2, 0.25) is 5.91 Å². The highest BCUT2D eigenvalue weighted by Crippen LogP contribution is 2.34. The predicted molar refractivity (Wildman–Crippen MR) is 86.5 cm³/mol. The monoisotopic (exact) mass is 318 g/mol. The normalized spacial score (nSPS) is 11.7. The third-order valence-electron chi connectivity index (χ3n) is 3.28. The van der Waals surface area contributed by atoms with Crippen LogP contribution in [0.1, 0.15) is 12.5 Å². The number of anilines is 1. The van der Waals surface area contributed by atoms with E-state index in [1.165, 1.54) is 19.2 Å². The van der Waals surface area contributed by atoms with E-state index in [-0.39, 0.29) is 5.75 Å². The molecule has 122 valence electrons. The van der Waals surface area contributed by atoms with Gasteiger partial charge in [-0.05, 0) is 43.7 Å². The smallest absolute Gasteiger partial charge is 0.239 e. The maximum atomic E-state index is 14.2. The molecule has 2 aromatic rings. The van der Waals surface area contributed by atoms with Gasteiger partial charge in [0.25, 0.3) is 0 Å². The molecule has 0 spiro atoms. The molecule has 6 heteroatoms. The van der Waals surface area contributed by atoms with E-state index in [0.29, 0.717) is 17.2 Å². The number of amides is 1. The van der Waals surface area contributed by atoms with Crippen molar-refractivity contribution in [2.45, 2.75) is 19.9 Å². The van der Waals surface area contributed by atoms with E-state index in [1.807, 2.05) is 13.0 Å². The maximum Gasteiger partial charge on any atom is 0.239 e. The van der Waals surface area contributed by atoms with Crippen molar-refractivity contribution < 1.29 is 18.7 Å². The summed E-state index contributed by atoms with van der Waals surface area (Å²) in [6, 6.07) is 9.10. The molecule has 23 heavy (non-hydrogen) atoms. The highest BCUT2D eigenvalue weighted by molar-refractivity contribution is 5.82. The first-order valence-corrected chi connectivity index (χ1v) is 7.08. The Morgan fingerprint density at radius 3 is 2.48 bits per heavy atom. The van der Waals surface area contributed by atoms with Gasteiger partial charge in [-0.1, -0.05) is 6.07 Å². The van der Waals surface area contributed by atoms with Crippen LogP contribution in [0.5, 0.6) is 17.2 Å². The number of ether oxygens (including phenoxy) is 2. The highest BCUT2D eigenvalue weighted by atomic mass is 19.1. The second-order valence-corrected chi connectivity index (χ2v) is 5.17. The third-order valence-corrected chi connectivity index (χ3v) is 3.28. The third kappa shape index (κ3) is 4.12. The molecule has 5 nitrogen and oxygen atoms in total. The lowest BCUT2D eigenvalue weighted by Gasteiger charge is -2.14. The van der Waals surface area contributed by atoms with Gasteiger partial charge in [0, 0.05) is 11.8 Å². The standard InChI is InChI=1S/C17H19FN2O3/c1-10-4-6-15(16(8-10)22-3)23-14-7-5-12(9-13(14)18)20-11(2)17(19)21/h4-9,11,20H,1-3H3,(H2,19,21)/t11-/m0/s1. The van der Waals surface area contributed by atoms with Crippen molar-refractivity contribution in [2.24, 2.45) is 5.73 Å². The Morgan fingerprint density at radius 2 is 1.87 bits per heavy atom. The number of hydrogen-bond donors (Lipinski definition) is 2. The molecule has 0 saturated heterocycles. The first-order chi connectivity index (χ1) is 10.9. The van der Waals surface area contributed by atoms with Gasteiger partial charge in [0.1, 0.15) is 6.04 Å². The summed E-state index contributed by atoms with van der Waals surface area (Å²) in [6.45, 7) is 3.52. The molecule has 3 N–H and O–H groups in total. The quantitative estimate of drug-likeness (QED) is 0.857.